The Hall–Kier alpha value is -0.580. The molecule has 2 N–H and O–H groups in total. The molecule has 0 radical (unpaired) electrons. The van der Waals surface area contributed by atoms with Gasteiger partial charge in [0.15, 0.2) is 0 Å². The van der Waals surface area contributed by atoms with Crippen molar-refractivity contribution in [1.29, 1.82) is 0 Å². The highest BCUT2D eigenvalue weighted by Crippen LogP contribution is 2.03. The highest BCUT2D eigenvalue weighted by atomic mass is 35.5. The van der Waals surface area contributed by atoms with Crippen LogP contribution >= 0.6 is 11.6 Å². The van der Waals surface area contributed by atoms with Gasteiger partial charge in [-0.05, 0) is 12.1 Å². The summed E-state index contributed by atoms with van der Waals surface area (Å²) in [5.74, 6) is 0. The lowest BCUT2D eigenvalue weighted by atomic mass is 10.3. The molecule has 0 bridgehead atoms. The average Bonchev–Trinajstić information content (AvgIpc) is 1.91. The summed E-state index contributed by atoms with van der Waals surface area (Å²) >= 11 is 5.56. The SMILES string of the molecule is CS(N)(=O)=Cc1ccc(Cl)nc1. The van der Waals surface area contributed by atoms with Crippen LogP contribution in [0.5, 0.6) is 0 Å². The Morgan fingerprint density at radius 3 is 2.75 bits per heavy atom. The highest BCUT2D eigenvalue weighted by Gasteiger charge is 1.93. The lowest BCUT2D eigenvalue weighted by molar-refractivity contribution is 0.686. The number of pyridine rings is 1. The summed E-state index contributed by atoms with van der Waals surface area (Å²) in [6, 6.07) is 3.34. The molecule has 0 aliphatic carbocycles. The van der Waals surface area contributed by atoms with Crippen LogP contribution in [0.25, 0.3) is 0 Å². The Kier molecular flexibility index (Phi) is 2.72. The predicted molar refractivity (Wildman–Crippen MR) is 52.7 cm³/mol. The van der Waals surface area contributed by atoms with E-state index in [9.17, 15) is 4.21 Å². The van der Waals surface area contributed by atoms with Gasteiger partial charge in [-0.2, -0.15) is 0 Å². The molecule has 0 spiro atoms. The molecule has 1 atom stereocenters. The maximum absolute atomic E-state index is 11.1. The van der Waals surface area contributed by atoms with E-state index < -0.39 is 9.71 Å². The highest BCUT2D eigenvalue weighted by molar-refractivity contribution is 7.98. The molecule has 1 heterocycles. The zero-order chi connectivity index (χ0) is 9.19. The molecule has 0 saturated carbocycles. The van der Waals surface area contributed by atoms with Crippen molar-refractivity contribution in [2.24, 2.45) is 5.14 Å². The van der Waals surface area contributed by atoms with E-state index in [1.165, 1.54) is 17.8 Å². The summed E-state index contributed by atoms with van der Waals surface area (Å²) in [5.41, 5.74) is 0.717. The number of halogens is 1. The summed E-state index contributed by atoms with van der Waals surface area (Å²) in [6.45, 7) is 0. The van der Waals surface area contributed by atoms with Crippen LogP contribution in [-0.4, -0.2) is 20.8 Å². The van der Waals surface area contributed by atoms with E-state index in [0.717, 1.165) is 5.56 Å². The summed E-state index contributed by atoms with van der Waals surface area (Å²) in [5, 5.41) is 7.19. The van der Waals surface area contributed by atoms with Crippen molar-refractivity contribution in [3.63, 3.8) is 0 Å². The normalized spacial score (nSPS) is 15.2. The molecule has 0 saturated heterocycles. The third-order valence-electron chi connectivity index (χ3n) is 1.12. The van der Waals surface area contributed by atoms with Crippen LogP contribution < -0.4 is 5.14 Å². The van der Waals surface area contributed by atoms with Gasteiger partial charge in [0.05, 0.1) is 0 Å². The fourth-order valence-corrected chi connectivity index (χ4v) is 1.52. The van der Waals surface area contributed by atoms with Gasteiger partial charge < -0.3 is 0 Å². The van der Waals surface area contributed by atoms with Gasteiger partial charge in [0.25, 0.3) is 0 Å². The Balaban J connectivity index is 3.08. The van der Waals surface area contributed by atoms with Crippen LogP contribution in [0.4, 0.5) is 0 Å². The van der Waals surface area contributed by atoms with Crippen LogP contribution in [0.2, 0.25) is 5.15 Å². The molecule has 0 amide bonds. The van der Waals surface area contributed by atoms with E-state index in [4.69, 9.17) is 16.7 Å². The van der Waals surface area contributed by atoms with E-state index in [2.05, 4.69) is 4.98 Å². The largest absolute Gasteiger partial charge is 0.259 e. The second kappa shape index (κ2) is 3.43. The van der Waals surface area contributed by atoms with Crippen LogP contribution in [0.15, 0.2) is 18.3 Å². The molecule has 3 nitrogen and oxygen atoms in total. The molecule has 1 aromatic rings. The molecule has 1 unspecified atom stereocenters. The maximum Gasteiger partial charge on any atom is 0.129 e. The van der Waals surface area contributed by atoms with E-state index in [1.807, 2.05) is 0 Å². The zero-order valence-corrected chi connectivity index (χ0v) is 8.10. The first kappa shape index (κ1) is 9.51. The Bertz CT molecular complexity index is 371. The molecule has 12 heavy (non-hydrogen) atoms. The number of nitrogens with zero attached hydrogens (tertiary/aromatic N) is 1. The number of hydrogen-bond acceptors (Lipinski definition) is 2. The lowest BCUT2D eigenvalue weighted by Gasteiger charge is -1.95. The smallest absolute Gasteiger partial charge is 0.129 e. The molecule has 0 aliphatic rings. The molecule has 66 valence electrons. The van der Waals surface area contributed by atoms with E-state index in [1.54, 1.807) is 12.1 Å². The van der Waals surface area contributed by atoms with Crippen molar-refractivity contribution in [2.45, 2.75) is 0 Å². The Morgan fingerprint density at radius 1 is 1.67 bits per heavy atom. The molecule has 1 rings (SSSR count). The topological polar surface area (TPSA) is 56.0 Å². The Labute approximate surface area is 76.7 Å². The van der Waals surface area contributed by atoms with Gasteiger partial charge in [0.1, 0.15) is 5.15 Å². The van der Waals surface area contributed by atoms with Crippen LogP contribution in [0.1, 0.15) is 5.56 Å². The van der Waals surface area contributed by atoms with Crippen molar-refractivity contribution >= 4 is 26.7 Å². The molecule has 0 fully saturated rings. The van der Waals surface area contributed by atoms with E-state index in [-0.39, 0.29) is 0 Å². The first-order valence-electron chi connectivity index (χ1n) is 3.21. The minimum atomic E-state index is -2.35. The quantitative estimate of drug-likeness (QED) is 0.540. The number of hydrogen-bond donors (Lipinski definition) is 1. The van der Waals surface area contributed by atoms with Gasteiger partial charge in [0, 0.05) is 33.1 Å². The summed E-state index contributed by atoms with van der Waals surface area (Å²) in [6.07, 6.45) is 2.99. The Morgan fingerprint density at radius 2 is 2.33 bits per heavy atom. The first-order valence-corrected chi connectivity index (χ1v) is 5.68. The van der Waals surface area contributed by atoms with Crippen LogP contribution in [0.3, 0.4) is 0 Å². The molecule has 5 heteroatoms. The van der Waals surface area contributed by atoms with Crippen molar-refractivity contribution < 1.29 is 4.21 Å². The number of aromatic nitrogens is 1. The van der Waals surface area contributed by atoms with Gasteiger partial charge in [-0.25, -0.2) is 4.98 Å². The molecule has 0 aliphatic heterocycles. The van der Waals surface area contributed by atoms with Gasteiger partial charge in [-0.1, -0.05) is 11.6 Å². The molecular weight excluding hydrogens is 196 g/mol. The second-order valence-corrected chi connectivity index (χ2v) is 5.05. The third kappa shape index (κ3) is 3.21. The van der Waals surface area contributed by atoms with Gasteiger partial charge >= 0.3 is 0 Å². The third-order valence-corrected chi connectivity index (χ3v) is 2.08. The van der Waals surface area contributed by atoms with E-state index in [0.29, 0.717) is 5.15 Å². The van der Waals surface area contributed by atoms with Gasteiger partial charge in [0.2, 0.25) is 0 Å². The maximum atomic E-state index is 11.1. The number of nitrogens with two attached hydrogens (primary N) is 1. The van der Waals surface area contributed by atoms with E-state index >= 15 is 0 Å². The van der Waals surface area contributed by atoms with Crippen molar-refractivity contribution in [3.05, 3.63) is 29.0 Å². The molecular formula is C7H9ClN2OS. The van der Waals surface area contributed by atoms with Crippen LogP contribution in [-0.2, 0) is 9.71 Å². The monoisotopic (exact) mass is 204 g/mol. The van der Waals surface area contributed by atoms with Crippen molar-refractivity contribution in [1.82, 2.24) is 4.98 Å². The van der Waals surface area contributed by atoms with Crippen molar-refractivity contribution in [2.75, 3.05) is 6.26 Å². The predicted octanol–water partition coefficient (Wildman–Crippen LogP) is 0.673. The molecule has 1 aromatic heterocycles. The minimum absolute atomic E-state index is 0.409. The standard InChI is InChI=1S/C7H9ClN2OS/c1-12(9,11)5-6-2-3-7(8)10-4-6/h2-5H,1H3,(H2,9,11). The minimum Gasteiger partial charge on any atom is -0.259 e. The van der Waals surface area contributed by atoms with Crippen molar-refractivity contribution in [3.8, 4) is 0 Å². The zero-order valence-electron chi connectivity index (χ0n) is 6.53. The summed E-state index contributed by atoms with van der Waals surface area (Å²) in [4.78, 5) is 3.82. The average molecular weight is 205 g/mol. The summed E-state index contributed by atoms with van der Waals surface area (Å²) < 4.78 is 11.1. The fraction of sp³-hybridized carbons (Fsp3) is 0.143. The van der Waals surface area contributed by atoms with Gasteiger partial charge in [-0.3, -0.25) is 9.35 Å². The number of rotatable bonds is 1. The van der Waals surface area contributed by atoms with Crippen LogP contribution in [0, 0.1) is 0 Å². The second-order valence-electron chi connectivity index (χ2n) is 2.50. The lowest BCUT2D eigenvalue weighted by Crippen LogP contribution is -2.12. The fourth-order valence-electron chi connectivity index (χ4n) is 0.727. The first-order chi connectivity index (χ1) is 5.47. The van der Waals surface area contributed by atoms with Gasteiger partial charge in [-0.15, -0.1) is 0 Å². The molecule has 0 aromatic carbocycles. The summed E-state index contributed by atoms with van der Waals surface area (Å²) in [7, 11) is -2.35.